The van der Waals surface area contributed by atoms with Crippen molar-refractivity contribution in [1.82, 2.24) is 20.8 Å². The molecule has 2 rings (SSSR count). The van der Waals surface area contributed by atoms with Crippen molar-refractivity contribution in [3.63, 3.8) is 0 Å². The maximum absolute atomic E-state index is 4.18. The smallest absolute Gasteiger partial charge is 0.191 e. The van der Waals surface area contributed by atoms with E-state index in [1.54, 1.807) is 7.05 Å². The summed E-state index contributed by atoms with van der Waals surface area (Å²) in [5.41, 5.74) is 2.28. The number of nitrogens with one attached hydrogen (secondary N) is 3. The van der Waals surface area contributed by atoms with Crippen LogP contribution in [0.15, 0.2) is 11.2 Å². The van der Waals surface area contributed by atoms with E-state index in [0.29, 0.717) is 0 Å². The highest BCUT2D eigenvalue weighted by atomic mass is 127. The minimum Gasteiger partial charge on any atom is -0.356 e. The standard InChI is InChI=1S/C11H19N5.HI/c1-8-10(7-15-16-8)6-14-11(12-2)13-5-9-3-4-9;/h7,9H,3-6H2,1-2H3,(H,15,16)(H2,12,13,14);1H. The van der Waals surface area contributed by atoms with Gasteiger partial charge in [0.2, 0.25) is 0 Å². The molecule has 0 amide bonds. The minimum absolute atomic E-state index is 0. The molecule has 1 heterocycles. The van der Waals surface area contributed by atoms with E-state index in [0.717, 1.165) is 30.7 Å². The van der Waals surface area contributed by atoms with E-state index >= 15 is 0 Å². The van der Waals surface area contributed by atoms with Gasteiger partial charge in [0.05, 0.1) is 6.20 Å². The monoisotopic (exact) mass is 349 g/mol. The second kappa shape index (κ2) is 6.83. The number of hydrogen-bond acceptors (Lipinski definition) is 2. The number of nitrogens with zero attached hydrogens (tertiary/aromatic N) is 2. The van der Waals surface area contributed by atoms with Crippen molar-refractivity contribution < 1.29 is 0 Å². The molecule has 1 saturated carbocycles. The summed E-state index contributed by atoms with van der Waals surface area (Å²) in [5, 5.41) is 13.5. The van der Waals surface area contributed by atoms with Crippen molar-refractivity contribution in [3.05, 3.63) is 17.5 Å². The summed E-state index contributed by atoms with van der Waals surface area (Å²) < 4.78 is 0. The second-order valence-electron chi connectivity index (χ2n) is 4.27. The van der Waals surface area contributed by atoms with Crippen LogP contribution >= 0.6 is 24.0 Å². The van der Waals surface area contributed by atoms with E-state index in [-0.39, 0.29) is 24.0 Å². The van der Waals surface area contributed by atoms with Gasteiger partial charge in [0, 0.05) is 31.4 Å². The lowest BCUT2D eigenvalue weighted by Gasteiger charge is -2.10. The zero-order chi connectivity index (χ0) is 11.4. The average Bonchev–Trinajstić information content (AvgIpc) is 3.03. The van der Waals surface area contributed by atoms with Gasteiger partial charge in [-0.15, -0.1) is 24.0 Å². The fourth-order valence-corrected chi connectivity index (χ4v) is 1.52. The highest BCUT2D eigenvalue weighted by Crippen LogP contribution is 2.27. The molecule has 5 nitrogen and oxygen atoms in total. The predicted molar refractivity (Wildman–Crippen MR) is 79.7 cm³/mol. The van der Waals surface area contributed by atoms with Crippen LogP contribution < -0.4 is 10.6 Å². The molecule has 0 aliphatic heterocycles. The first kappa shape index (κ1) is 14.3. The molecule has 1 aliphatic carbocycles. The summed E-state index contributed by atoms with van der Waals surface area (Å²) in [7, 11) is 1.80. The van der Waals surface area contributed by atoms with Gasteiger partial charge in [0.1, 0.15) is 0 Å². The number of H-pyrrole nitrogens is 1. The Morgan fingerprint density at radius 2 is 2.29 bits per heavy atom. The second-order valence-corrected chi connectivity index (χ2v) is 4.27. The topological polar surface area (TPSA) is 65.1 Å². The van der Waals surface area contributed by atoms with Crippen molar-refractivity contribution in [2.45, 2.75) is 26.3 Å². The molecule has 3 N–H and O–H groups in total. The molecule has 17 heavy (non-hydrogen) atoms. The van der Waals surface area contributed by atoms with Crippen LogP contribution in [-0.2, 0) is 6.54 Å². The van der Waals surface area contributed by atoms with E-state index < -0.39 is 0 Å². The van der Waals surface area contributed by atoms with Crippen LogP contribution in [0.1, 0.15) is 24.1 Å². The van der Waals surface area contributed by atoms with Gasteiger partial charge in [-0.3, -0.25) is 10.1 Å². The van der Waals surface area contributed by atoms with Crippen LogP contribution in [0.3, 0.4) is 0 Å². The van der Waals surface area contributed by atoms with Gasteiger partial charge in [-0.05, 0) is 25.7 Å². The molecule has 1 aromatic rings. The first-order valence-corrected chi connectivity index (χ1v) is 5.73. The number of aromatic amines is 1. The summed E-state index contributed by atoms with van der Waals surface area (Å²) in [5.74, 6) is 1.72. The molecule has 0 spiro atoms. The van der Waals surface area contributed by atoms with Crippen LogP contribution in [-0.4, -0.2) is 29.7 Å². The Morgan fingerprint density at radius 1 is 1.53 bits per heavy atom. The SMILES string of the molecule is CN=C(NCc1cn[nH]c1C)NCC1CC1.I. The lowest BCUT2D eigenvalue weighted by atomic mass is 10.3. The number of aromatic nitrogens is 2. The molecule has 1 aliphatic rings. The Balaban J connectivity index is 0.00000144. The Morgan fingerprint density at radius 3 is 2.82 bits per heavy atom. The Labute approximate surface area is 119 Å². The molecule has 1 aromatic heterocycles. The van der Waals surface area contributed by atoms with Crippen molar-refractivity contribution in [3.8, 4) is 0 Å². The minimum atomic E-state index is 0. The van der Waals surface area contributed by atoms with E-state index in [1.807, 2.05) is 13.1 Å². The van der Waals surface area contributed by atoms with Gasteiger partial charge in [0.15, 0.2) is 5.96 Å². The predicted octanol–water partition coefficient (Wildman–Crippen LogP) is 1.41. The molecule has 1 fully saturated rings. The number of guanidine groups is 1. The average molecular weight is 349 g/mol. The maximum atomic E-state index is 4.18. The molecule has 0 unspecified atom stereocenters. The summed E-state index contributed by atoms with van der Waals surface area (Å²) in [4.78, 5) is 4.18. The zero-order valence-corrected chi connectivity index (χ0v) is 12.6. The molecule has 0 saturated heterocycles. The van der Waals surface area contributed by atoms with Crippen molar-refractivity contribution >= 4 is 29.9 Å². The largest absolute Gasteiger partial charge is 0.356 e. The molecular weight excluding hydrogens is 329 g/mol. The number of aryl methyl sites for hydroxylation is 1. The summed E-state index contributed by atoms with van der Waals surface area (Å²) >= 11 is 0. The highest BCUT2D eigenvalue weighted by Gasteiger charge is 2.20. The third-order valence-electron chi connectivity index (χ3n) is 2.86. The number of halogens is 1. The van der Waals surface area contributed by atoms with Gasteiger partial charge in [-0.1, -0.05) is 0 Å². The van der Waals surface area contributed by atoms with E-state index in [2.05, 4.69) is 25.8 Å². The third kappa shape index (κ3) is 4.53. The molecular formula is C11H20IN5. The van der Waals surface area contributed by atoms with E-state index in [4.69, 9.17) is 0 Å². The molecule has 96 valence electrons. The summed E-state index contributed by atoms with van der Waals surface area (Å²) in [6, 6.07) is 0. The maximum Gasteiger partial charge on any atom is 0.191 e. The van der Waals surface area contributed by atoms with Gasteiger partial charge in [-0.2, -0.15) is 5.10 Å². The lowest BCUT2D eigenvalue weighted by molar-refractivity contribution is 0.737. The Bertz CT molecular complexity index is 370. The molecule has 0 bridgehead atoms. The summed E-state index contributed by atoms with van der Waals surface area (Å²) in [6.07, 6.45) is 4.55. The fraction of sp³-hybridized carbons (Fsp3) is 0.636. The van der Waals surface area contributed by atoms with Crippen molar-refractivity contribution in [2.75, 3.05) is 13.6 Å². The van der Waals surface area contributed by atoms with Crippen molar-refractivity contribution in [2.24, 2.45) is 10.9 Å². The number of aliphatic imine (C=N–C) groups is 1. The van der Waals surface area contributed by atoms with Crippen LogP contribution in [0.2, 0.25) is 0 Å². The van der Waals surface area contributed by atoms with Gasteiger partial charge in [-0.25, -0.2) is 0 Å². The van der Waals surface area contributed by atoms with Crippen LogP contribution in [0.4, 0.5) is 0 Å². The molecule has 0 radical (unpaired) electrons. The highest BCUT2D eigenvalue weighted by molar-refractivity contribution is 14.0. The first-order chi connectivity index (χ1) is 7.79. The summed E-state index contributed by atoms with van der Waals surface area (Å²) in [6.45, 7) is 3.81. The first-order valence-electron chi connectivity index (χ1n) is 5.73. The molecule has 0 aromatic carbocycles. The molecule has 6 heteroatoms. The van der Waals surface area contributed by atoms with Gasteiger partial charge < -0.3 is 10.6 Å². The van der Waals surface area contributed by atoms with E-state index in [9.17, 15) is 0 Å². The number of rotatable bonds is 4. The van der Waals surface area contributed by atoms with Gasteiger partial charge >= 0.3 is 0 Å². The van der Waals surface area contributed by atoms with Crippen LogP contribution in [0, 0.1) is 12.8 Å². The quantitative estimate of drug-likeness (QED) is 0.438. The number of hydrogen-bond donors (Lipinski definition) is 3. The third-order valence-corrected chi connectivity index (χ3v) is 2.86. The molecule has 0 atom stereocenters. The van der Waals surface area contributed by atoms with Crippen LogP contribution in [0.5, 0.6) is 0 Å². The van der Waals surface area contributed by atoms with Crippen LogP contribution in [0.25, 0.3) is 0 Å². The zero-order valence-electron chi connectivity index (χ0n) is 10.3. The van der Waals surface area contributed by atoms with Gasteiger partial charge in [0.25, 0.3) is 0 Å². The Kier molecular flexibility index (Phi) is 5.73. The lowest BCUT2D eigenvalue weighted by Crippen LogP contribution is -2.37. The normalized spacial score (nSPS) is 15.3. The van der Waals surface area contributed by atoms with Crippen molar-refractivity contribution in [1.29, 1.82) is 0 Å². The Hall–Kier alpha value is -0.790. The van der Waals surface area contributed by atoms with E-state index in [1.165, 1.54) is 18.4 Å². The fourth-order valence-electron chi connectivity index (χ4n) is 1.52.